The first kappa shape index (κ1) is 29.4. The smallest absolute Gasteiger partial charge is 0.410 e. The molecule has 2 aromatic rings. The molecule has 1 N–H and O–H groups in total. The van der Waals surface area contributed by atoms with Gasteiger partial charge in [-0.1, -0.05) is 35.0 Å². The normalized spacial score (nSPS) is 25.2. The van der Waals surface area contributed by atoms with Crippen molar-refractivity contribution in [1.29, 1.82) is 0 Å². The Morgan fingerprint density at radius 1 is 1.05 bits per heavy atom. The van der Waals surface area contributed by atoms with Crippen molar-refractivity contribution in [2.45, 2.75) is 134 Å². The van der Waals surface area contributed by atoms with Crippen LogP contribution in [0.1, 0.15) is 121 Å². The lowest BCUT2D eigenvalue weighted by molar-refractivity contribution is 0.0208. The van der Waals surface area contributed by atoms with Crippen LogP contribution in [0, 0.1) is 6.92 Å². The van der Waals surface area contributed by atoms with E-state index in [0.717, 1.165) is 44.9 Å². The molecule has 2 atom stereocenters. The third-order valence-electron chi connectivity index (χ3n) is 8.30. The highest BCUT2D eigenvalue weighted by Crippen LogP contribution is 2.52. The second-order valence-corrected chi connectivity index (χ2v) is 14.4. The van der Waals surface area contributed by atoms with Crippen LogP contribution >= 0.6 is 0 Å². The van der Waals surface area contributed by atoms with Crippen molar-refractivity contribution in [1.82, 2.24) is 20.4 Å². The minimum atomic E-state index is -0.573. The number of aromatic nitrogens is 2. The fourth-order valence-electron chi connectivity index (χ4n) is 5.93. The van der Waals surface area contributed by atoms with Crippen LogP contribution in [0.3, 0.4) is 0 Å². The van der Waals surface area contributed by atoms with Gasteiger partial charge in [-0.25, -0.2) is 9.59 Å². The van der Waals surface area contributed by atoms with Crippen LogP contribution < -0.4 is 5.32 Å². The lowest BCUT2D eigenvalue weighted by atomic mass is 9.86. The average Bonchev–Trinajstić information content (AvgIpc) is 3.77. The van der Waals surface area contributed by atoms with Crippen molar-refractivity contribution in [3.8, 4) is 0 Å². The molecule has 0 unspecified atom stereocenters. The zero-order chi connectivity index (χ0) is 29.6. The maximum Gasteiger partial charge on any atom is 0.410 e. The molecule has 0 saturated heterocycles. The van der Waals surface area contributed by atoms with Crippen molar-refractivity contribution in [3.63, 3.8) is 0 Å². The Bertz CT molecular complexity index is 1250. The molecule has 1 aromatic heterocycles. The van der Waals surface area contributed by atoms with Gasteiger partial charge in [0.05, 0.1) is 5.41 Å². The third-order valence-corrected chi connectivity index (χ3v) is 8.30. The van der Waals surface area contributed by atoms with E-state index in [4.69, 9.17) is 19.0 Å². The Hall–Kier alpha value is -3.10. The molecule has 0 radical (unpaired) electrons. The molecule has 9 nitrogen and oxygen atoms in total. The summed E-state index contributed by atoms with van der Waals surface area (Å²) in [6, 6.07) is 8.74. The summed E-state index contributed by atoms with van der Waals surface area (Å²) in [7, 11) is 0. The lowest BCUT2D eigenvalue weighted by Crippen LogP contribution is -2.43. The molecular formula is C32H46N4O5. The molecule has 5 rings (SSSR count). The van der Waals surface area contributed by atoms with E-state index in [1.807, 2.05) is 46.4 Å². The van der Waals surface area contributed by atoms with Crippen molar-refractivity contribution in [3.05, 3.63) is 47.1 Å². The van der Waals surface area contributed by atoms with Crippen LogP contribution in [0.4, 0.5) is 9.59 Å². The number of nitrogens with zero attached hydrogens (tertiary/aromatic N) is 3. The number of aryl methyl sites for hydroxylation is 1. The predicted octanol–water partition coefficient (Wildman–Crippen LogP) is 6.75. The SMILES string of the molecule is Cc1cccc([C@@H]2C[C@H]2N(CC2(c3noc(C4CCC(NC(=O)OC(C)(C)C)CC4)n3)CC2)C(=O)OC(C)(C)C)c1. The van der Waals surface area contributed by atoms with Crippen LogP contribution in [0.15, 0.2) is 28.8 Å². The van der Waals surface area contributed by atoms with Crippen molar-refractivity contribution in [2.24, 2.45) is 0 Å². The molecule has 1 aromatic carbocycles. The van der Waals surface area contributed by atoms with Gasteiger partial charge in [0, 0.05) is 30.5 Å². The van der Waals surface area contributed by atoms with Crippen LogP contribution in [-0.4, -0.2) is 57.1 Å². The van der Waals surface area contributed by atoms with E-state index in [0.29, 0.717) is 24.2 Å². The number of alkyl carbamates (subject to hydrolysis) is 1. The van der Waals surface area contributed by atoms with E-state index in [1.54, 1.807) is 0 Å². The highest BCUT2D eigenvalue weighted by atomic mass is 16.6. The van der Waals surface area contributed by atoms with Crippen LogP contribution in [0.5, 0.6) is 0 Å². The summed E-state index contributed by atoms with van der Waals surface area (Å²) >= 11 is 0. The molecule has 1 heterocycles. The molecule has 0 spiro atoms. The van der Waals surface area contributed by atoms with Gasteiger partial charge in [-0.05, 0) is 99.0 Å². The van der Waals surface area contributed by atoms with E-state index in [-0.39, 0.29) is 35.6 Å². The first-order chi connectivity index (χ1) is 19.2. The predicted molar refractivity (Wildman–Crippen MR) is 155 cm³/mol. The largest absolute Gasteiger partial charge is 0.444 e. The molecule has 3 aliphatic rings. The Morgan fingerprint density at radius 3 is 2.34 bits per heavy atom. The topological polar surface area (TPSA) is 107 Å². The van der Waals surface area contributed by atoms with Gasteiger partial charge in [0.25, 0.3) is 0 Å². The molecular weight excluding hydrogens is 520 g/mol. The van der Waals surface area contributed by atoms with E-state index in [2.05, 4.69) is 41.7 Å². The molecule has 224 valence electrons. The number of carbonyl (C=O) groups excluding carboxylic acids is 2. The Labute approximate surface area is 243 Å². The fourth-order valence-corrected chi connectivity index (χ4v) is 5.93. The van der Waals surface area contributed by atoms with Gasteiger partial charge in [-0.2, -0.15) is 4.98 Å². The second-order valence-electron chi connectivity index (χ2n) is 14.4. The summed E-state index contributed by atoms with van der Waals surface area (Å²) in [6.45, 7) is 13.9. The number of carbonyl (C=O) groups is 2. The highest BCUT2D eigenvalue weighted by Gasteiger charge is 2.55. The number of hydrogen-bond acceptors (Lipinski definition) is 7. The Morgan fingerprint density at radius 2 is 1.73 bits per heavy atom. The zero-order valence-corrected chi connectivity index (χ0v) is 25.7. The van der Waals surface area contributed by atoms with Crippen LogP contribution in [0.25, 0.3) is 0 Å². The zero-order valence-electron chi connectivity index (χ0n) is 25.7. The van der Waals surface area contributed by atoms with Gasteiger partial charge in [0.15, 0.2) is 5.82 Å². The van der Waals surface area contributed by atoms with Crippen LogP contribution in [0.2, 0.25) is 0 Å². The fraction of sp³-hybridized carbons (Fsp3) is 0.688. The Balaban J connectivity index is 1.23. The molecule has 3 aliphatic carbocycles. The van der Waals surface area contributed by atoms with Crippen molar-refractivity contribution in [2.75, 3.05) is 6.54 Å². The number of ether oxygens (including phenoxy) is 2. The van der Waals surface area contributed by atoms with E-state index >= 15 is 0 Å². The number of amides is 2. The summed E-state index contributed by atoms with van der Waals surface area (Å²) < 4.78 is 17.1. The summed E-state index contributed by atoms with van der Waals surface area (Å²) in [5.41, 5.74) is 1.11. The molecule has 3 saturated carbocycles. The second kappa shape index (κ2) is 11.0. The molecule has 0 bridgehead atoms. The minimum absolute atomic E-state index is 0.0838. The number of benzene rings is 1. The standard InChI is InChI=1S/C32H46N4O5/c1-20-9-8-10-22(17-20)24-18-25(24)36(29(38)40-31(5,6)7)19-32(15-16-32)27-34-26(41-35-27)21-11-13-23(14-12-21)33-28(37)39-30(2,3)4/h8-10,17,21,23-25H,11-16,18-19H2,1-7H3,(H,33,37)/t21?,23?,24-,25+/m0/s1. The molecule has 3 fully saturated rings. The van der Waals surface area contributed by atoms with Gasteiger partial charge in [-0.3, -0.25) is 0 Å². The third kappa shape index (κ3) is 7.41. The Kier molecular flexibility index (Phi) is 7.85. The molecule has 2 amide bonds. The van der Waals surface area contributed by atoms with Gasteiger partial charge < -0.3 is 24.2 Å². The van der Waals surface area contributed by atoms with Crippen LogP contribution in [-0.2, 0) is 14.9 Å². The summed E-state index contributed by atoms with van der Waals surface area (Å²) in [4.78, 5) is 32.4. The average molecular weight is 567 g/mol. The van der Waals surface area contributed by atoms with Gasteiger partial charge in [0.2, 0.25) is 5.89 Å². The number of nitrogens with one attached hydrogen (secondary N) is 1. The van der Waals surface area contributed by atoms with Gasteiger partial charge in [-0.15, -0.1) is 0 Å². The maximum absolute atomic E-state index is 13.5. The summed E-state index contributed by atoms with van der Waals surface area (Å²) in [5.74, 6) is 1.83. The molecule has 0 aliphatic heterocycles. The molecule has 9 heteroatoms. The summed E-state index contributed by atoms with van der Waals surface area (Å²) in [6.07, 6.45) is 5.51. The summed E-state index contributed by atoms with van der Waals surface area (Å²) in [5, 5.41) is 7.43. The van der Waals surface area contributed by atoms with E-state index < -0.39 is 11.2 Å². The first-order valence-corrected chi connectivity index (χ1v) is 15.1. The van der Waals surface area contributed by atoms with E-state index in [9.17, 15) is 9.59 Å². The number of hydrogen-bond donors (Lipinski definition) is 1. The quantitative estimate of drug-likeness (QED) is 0.395. The highest BCUT2D eigenvalue weighted by molar-refractivity contribution is 5.70. The van der Waals surface area contributed by atoms with Crippen molar-refractivity contribution >= 4 is 12.2 Å². The van der Waals surface area contributed by atoms with Gasteiger partial charge >= 0.3 is 12.2 Å². The first-order valence-electron chi connectivity index (χ1n) is 15.1. The monoisotopic (exact) mass is 566 g/mol. The van der Waals surface area contributed by atoms with E-state index in [1.165, 1.54) is 11.1 Å². The number of rotatable bonds is 7. The minimum Gasteiger partial charge on any atom is -0.444 e. The maximum atomic E-state index is 13.5. The van der Waals surface area contributed by atoms with Crippen molar-refractivity contribution < 1.29 is 23.6 Å². The van der Waals surface area contributed by atoms with Gasteiger partial charge in [0.1, 0.15) is 11.2 Å². The lowest BCUT2D eigenvalue weighted by Gasteiger charge is -2.30. The molecule has 41 heavy (non-hydrogen) atoms.